The van der Waals surface area contributed by atoms with Gasteiger partial charge in [0.25, 0.3) is 5.56 Å². The van der Waals surface area contributed by atoms with E-state index in [2.05, 4.69) is 0 Å². The molecule has 0 aliphatic carbocycles. The number of thiazole rings is 1. The summed E-state index contributed by atoms with van der Waals surface area (Å²) in [5.41, 5.74) is 3.02. The molecule has 5 aromatic rings. The maximum Gasteiger partial charge on any atom is 0.338 e. The number of esters is 1. The van der Waals surface area contributed by atoms with Crippen LogP contribution in [0, 0.1) is 0 Å². The number of rotatable bonds is 9. The zero-order valence-electron chi connectivity index (χ0n) is 25.5. The fourth-order valence-corrected chi connectivity index (χ4v) is 7.17. The van der Waals surface area contributed by atoms with Crippen LogP contribution >= 0.6 is 57.7 Å². The van der Waals surface area contributed by atoms with E-state index in [0.29, 0.717) is 58.3 Å². The van der Waals surface area contributed by atoms with E-state index in [1.165, 1.54) is 23.0 Å². The van der Waals surface area contributed by atoms with Gasteiger partial charge in [-0.15, -0.1) is 0 Å². The maximum absolute atomic E-state index is 14.2. The zero-order chi connectivity index (χ0) is 33.9. The number of nitrogens with zero attached hydrogens (tertiary/aromatic N) is 2. The highest BCUT2D eigenvalue weighted by Crippen LogP contribution is 2.38. The molecule has 2 heterocycles. The molecule has 0 unspecified atom stereocenters. The normalized spacial score (nSPS) is 14.4. The summed E-state index contributed by atoms with van der Waals surface area (Å²) in [6.07, 6.45) is 1.70. The fraction of sp³-hybridized carbons (Fsp3) is 0.139. The molecular formula is C36H26Cl4N2O5S. The van der Waals surface area contributed by atoms with E-state index in [4.69, 9.17) is 65.6 Å². The fourth-order valence-electron chi connectivity index (χ4n) is 5.30. The SMILES string of the molecule is CCOC(=O)C1=C(c2ccccc2)N=c2s/c(=C\c3cc(Cl)c(OCc4ccc(Cl)cc4Cl)c(OC)c3)c(=O)n2[C@H]1c1ccc(Cl)cc1. The number of halogens is 4. The summed E-state index contributed by atoms with van der Waals surface area (Å²) in [5.74, 6) is 0.112. The Bertz CT molecular complexity index is 2230. The lowest BCUT2D eigenvalue weighted by atomic mass is 9.93. The number of hydrogen-bond acceptors (Lipinski definition) is 7. The van der Waals surface area contributed by atoms with Crippen molar-refractivity contribution in [1.29, 1.82) is 0 Å². The molecule has 48 heavy (non-hydrogen) atoms. The first-order chi connectivity index (χ1) is 23.2. The van der Waals surface area contributed by atoms with E-state index < -0.39 is 12.0 Å². The number of carbonyl (C=O) groups is 1. The molecule has 0 amide bonds. The van der Waals surface area contributed by atoms with E-state index in [1.807, 2.05) is 30.3 Å². The average molecular weight is 740 g/mol. The van der Waals surface area contributed by atoms with Crippen molar-refractivity contribution in [3.8, 4) is 11.5 Å². The first-order valence-corrected chi connectivity index (χ1v) is 17.0. The molecule has 1 atom stereocenters. The highest BCUT2D eigenvalue weighted by atomic mass is 35.5. The molecule has 0 N–H and O–H groups in total. The Morgan fingerprint density at radius 2 is 1.67 bits per heavy atom. The molecule has 0 saturated heterocycles. The summed E-state index contributed by atoms with van der Waals surface area (Å²) in [4.78, 5) is 33.1. The van der Waals surface area contributed by atoms with Crippen molar-refractivity contribution >= 4 is 75.5 Å². The summed E-state index contributed by atoms with van der Waals surface area (Å²) in [5, 5.41) is 1.77. The number of aromatic nitrogens is 1. The van der Waals surface area contributed by atoms with Gasteiger partial charge in [-0.1, -0.05) is 106 Å². The van der Waals surface area contributed by atoms with Crippen LogP contribution in [0.15, 0.2) is 100 Å². The molecule has 0 bridgehead atoms. The van der Waals surface area contributed by atoms with Crippen LogP contribution in [0.4, 0.5) is 0 Å². The van der Waals surface area contributed by atoms with Gasteiger partial charge in [0.1, 0.15) is 6.61 Å². The lowest BCUT2D eigenvalue weighted by molar-refractivity contribution is -0.138. The Morgan fingerprint density at radius 1 is 0.938 bits per heavy atom. The third kappa shape index (κ3) is 6.90. The zero-order valence-corrected chi connectivity index (χ0v) is 29.3. The van der Waals surface area contributed by atoms with Gasteiger partial charge < -0.3 is 14.2 Å². The Kier molecular flexibility index (Phi) is 10.3. The number of ether oxygens (including phenoxy) is 3. The molecule has 12 heteroatoms. The van der Waals surface area contributed by atoms with Gasteiger partial charge in [0, 0.05) is 26.2 Å². The van der Waals surface area contributed by atoms with Crippen LogP contribution in [0.5, 0.6) is 11.5 Å². The highest BCUT2D eigenvalue weighted by molar-refractivity contribution is 7.07. The van der Waals surface area contributed by atoms with Gasteiger partial charge in [-0.3, -0.25) is 9.36 Å². The molecule has 0 fully saturated rings. The molecule has 244 valence electrons. The van der Waals surface area contributed by atoms with Gasteiger partial charge in [0.15, 0.2) is 16.3 Å². The first-order valence-electron chi connectivity index (χ1n) is 14.7. The van der Waals surface area contributed by atoms with Crippen molar-refractivity contribution in [1.82, 2.24) is 4.57 Å². The Balaban J connectivity index is 1.48. The molecule has 1 aliphatic rings. The molecule has 0 spiro atoms. The topological polar surface area (TPSA) is 79.1 Å². The third-order valence-corrected chi connectivity index (χ3v) is 9.60. The number of benzene rings is 4. The van der Waals surface area contributed by atoms with E-state index in [1.54, 1.807) is 67.6 Å². The lowest BCUT2D eigenvalue weighted by Gasteiger charge is -2.25. The molecule has 6 rings (SSSR count). The molecular weight excluding hydrogens is 714 g/mol. The Labute approximate surface area is 299 Å². The maximum atomic E-state index is 14.2. The summed E-state index contributed by atoms with van der Waals surface area (Å²) < 4.78 is 19.0. The van der Waals surface area contributed by atoms with Crippen molar-refractivity contribution in [2.45, 2.75) is 19.6 Å². The highest BCUT2D eigenvalue weighted by Gasteiger charge is 2.35. The molecule has 7 nitrogen and oxygen atoms in total. The van der Waals surface area contributed by atoms with Crippen LogP contribution in [0.1, 0.15) is 35.2 Å². The Morgan fingerprint density at radius 3 is 2.35 bits per heavy atom. The second-order valence-corrected chi connectivity index (χ2v) is 13.2. The predicted octanol–water partition coefficient (Wildman–Crippen LogP) is 8.14. The van der Waals surface area contributed by atoms with Crippen molar-refractivity contribution in [3.63, 3.8) is 0 Å². The number of carbonyl (C=O) groups excluding carboxylic acids is 1. The van der Waals surface area contributed by atoms with Gasteiger partial charge in [-0.05, 0) is 60.5 Å². The van der Waals surface area contributed by atoms with E-state index >= 15 is 0 Å². The number of hydrogen-bond donors (Lipinski definition) is 0. The van der Waals surface area contributed by atoms with E-state index in [9.17, 15) is 9.59 Å². The third-order valence-electron chi connectivity index (χ3n) is 7.50. The number of methoxy groups -OCH3 is 1. The van der Waals surface area contributed by atoms with Crippen molar-refractivity contribution in [2.24, 2.45) is 4.99 Å². The van der Waals surface area contributed by atoms with Gasteiger partial charge in [0.05, 0.1) is 40.6 Å². The molecule has 1 aliphatic heterocycles. The van der Waals surface area contributed by atoms with Crippen molar-refractivity contribution in [3.05, 3.63) is 153 Å². The first kappa shape index (κ1) is 33.8. The van der Waals surface area contributed by atoms with E-state index in [-0.39, 0.29) is 29.4 Å². The van der Waals surface area contributed by atoms with Crippen LogP contribution < -0.4 is 24.4 Å². The summed E-state index contributed by atoms with van der Waals surface area (Å²) in [6, 6.07) is 24.0. The lowest BCUT2D eigenvalue weighted by Crippen LogP contribution is -2.40. The molecule has 0 radical (unpaired) electrons. The average Bonchev–Trinajstić information content (AvgIpc) is 3.38. The van der Waals surface area contributed by atoms with Crippen LogP contribution in [0.3, 0.4) is 0 Å². The van der Waals surface area contributed by atoms with Gasteiger partial charge in [-0.2, -0.15) is 0 Å². The summed E-state index contributed by atoms with van der Waals surface area (Å²) in [7, 11) is 1.50. The summed E-state index contributed by atoms with van der Waals surface area (Å²) >= 11 is 26.5. The quantitative estimate of drug-likeness (QED) is 0.143. The van der Waals surface area contributed by atoms with Gasteiger partial charge >= 0.3 is 5.97 Å². The largest absolute Gasteiger partial charge is 0.493 e. The minimum Gasteiger partial charge on any atom is -0.493 e. The van der Waals surface area contributed by atoms with Crippen molar-refractivity contribution in [2.75, 3.05) is 13.7 Å². The summed E-state index contributed by atoms with van der Waals surface area (Å²) in [6.45, 7) is 2.01. The molecule has 1 aromatic heterocycles. The smallest absolute Gasteiger partial charge is 0.338 e. The van der Waals surface area contributed by atoms with Crippen LogP contribution in [-0.4, -0.2) is 24.3 Å². The monoisotopic (exact) mass is 738 g/mol. The molecule has 0 saturated carbocycles. The van der Waals surface area contributed by atoms with Gasteiger partial charge in [0.2, 0.25) is 0 Å². The second kappa shape index (κ2) is 14.6. The van der Waals surface area contributed by atoms with Crippen LogP contribution in [0.2, 0.25) is 20.1 Å². The minimum absolute atomic E-state index is 0.126. The van der Waals surface area contributed by atoms with Gasteiger partial charge in [-0.25, -0.2) is 9.79 Å². The number of fused-ring (bicyclic) bond motifs is 1. The predicted molar refractivity (Wildman–Crippen MR) is 191 cm³/mol. The molecule has 4 aromatic carbocycles. The van der Waals surface area contributed by atoms with Crippen molar-refractivity contribution < 1.29 is 19.0 Å². The standard InChI is InChI=1S/C36H26Cl4N2O5S/c1-3-46-35(44)30-31(21-7-5-4-6-8-21)41-36-42(32(30)22-9-12-24(37)13-10-22)34(43)29(48-36)17-20-15-27(40)33(28(16-20)45-2)47-19-23-11-14-25(38)18-26(23)39/h4-18,32H,3,19H2,1-2H3/b29-17-/t32-/m0/s1. The van der Waals surface area contributed by atoms with Crippen LogP contribution in [-0.2, 0) is 16.1 Å². The second-order valence-electron chi connectivity index (χ2n) is 10.5. The Hall–Kier alpha value is -4.05. The van der Waals surface area contributed by atoms with E-state index in [0.717, 1.165) is 5.56 Å². The minimum atomic E-state index is -0.830. The van der Waals surface area contributed by atoms with Crippen LogP contribution in [0.25, 0.3) is 11.8 Å².